The smallest absolute Gasteiger partial charge is 0.407 e. The van der Waals surface area contributed by atoms with Gasteiger partial charge in [-0.1, -0.05) is 6.42 Å². The number of nitrogens with zero attached hydrogens (tertiary/aromatic N) is 1. The zero-order valence-electron chi connectivity index (χ0n) is 17.3. The van der Waals surface area contributed by atoms with Crippen molar-refractivity contribution in [1.29, 1.82) is 0 Å². The number of sulfonamides is 1. The number of carbonyl (C=O) groups excluding carboxylic acids is 1. The van der Waals surface area contributed by atoms with Gasteiger partial charge in [0.25, 0.3) is 0 Å². The molecular weight excluding hydrogens is 497 g/mol. The second-order valence-electron chi connectivity index (χ2n) is 7.58. The van der Waals surface area contributed by atoms with E-state index in [1.807, 2.05) is 6.92 Å². The Morgan fingerprint density at radius 3 is 2.32 bits per heavy atom. The number of guanidine groups is 1. The number of rotatable bonds is 10. The summed E-state index contributed by atoms with van der Waals surface area (Å²) in [5.41, 5.74) is -0.536. The molecule has 1 fully saturated rings. The number of amides is 1. The van der Waals surface area contributed by atoms with Crippen molar-refractivity contribution in [2.24, 2.45) is 10.9 Å². The van der Waals surface area contributed by atoms with Crippen molar-refractivity contribution < 1.29 is 17.9 Å². The molecule has 9 nitrogen and oxygen atoms in total. The maximum atomic E-state index is 12.0. The number of aliphatic imine (C=N–C) groups is 1. The molecule has 4 N–H and O–H groups in total. The average molecular weight is 533 g/mol. The fourth-order valence-corrected chi connectivity index (χ4v) is 3.26. The lowest BCUT2D eigenvalue weighted by atomic mass is 9.86. The largest absolute Gasteiger partial charge is 0.444 e. The Hall–Kier alpha value is -0.820. The van der Waals surface area contributed by atoms with Crippen LogP contribution in [-0.2, 0) is 14.8 Å². The van der Waals surface area contributed by atoms with Crippen molar-refractivity contribution >= 4 is 46.1 Å². The summed E-state index contributed by atoms with van der Waals surface area (Å²) in [6.07, 6.45) is 2.92. The third kappa shape index (κ3) is 13.4. The zero-order chi connectivity index (χ0) is 20.3. The Morgan fingerprint density at radius 2 is 1.79 bits per heavy atom. The van der Waals surface area contributed by atoms with Gasteiger partial charge in [0.15, 0.2) is 5.96 Å². The van der Waals surface area contributed by atoms with Crippen LogP contribution in [0.3, 0.4) is 0 Å². The Balaban J connectivity index is 0.00000729. The number of hydrogen-bond donors (Lipinski definition) is 4. The molecule has 0 radical (unpaired) electrons. The minimum atomic E-state index is -3.30. The number of alkyl carbamates (subject to hydrolysis) is 1. The van der Waals surface area contributed by atoms with Gasteiger partial charge in [-0.15, -0.1) is 24.0 Å². The predicted molar refractivity (Wildman–Crippen MR) is 123 cm³/mol. The maximum absolute atomic E-state index is 12.0. The van der Waals surface area contributed by atoms with E-state index in [1.165, 1.54) is 6.42 Å². The van der Waals surface area contributed by atoms with Crippen LogP contribution in [0.2, 0.25) is 0 Å². The monoisotopic (exact) mass is 533 g/mol. The van der Waals surface area contributed by atoms with E-state index in [9.17, 15) is 13.2 Å². The third-order valence-electron chi connectivity index (χ3n) is 3.88. The fraction of sp³-hybridized carbons (Fsp3) is 0.882. The molecule has 0 atom stereocenters. The van der Waals surface area contributed by atoms with Crippen molar-refractivity contribution in [3.63, 3.8) is 0 Å². The van der Waals surface area contributed by atoms with Crippen molar-refractivity contribution in [1.82, 2.24) is 20.7 Å². The summed E-state index contributed by atoms with van der Waals surface area (Å²) in [5.74, 6) is 0.948. The van der Waals surface area contributed by atoms with Crippen molar-refractivity contribution in [2.45, 2.75) is 52.6 Å². The Bertz CT molecular complexity index is 589. The first-order chi connectivity index (χ1) is 12.6. The lowest BCUT2D eigenvalue weighted by molar-refractivity contribution is 0.0529. The molecule has 0 spiro atoms. The van der Waals surface area contributed by atoms with Gasteiger partial charge in [0.1, 0.15) is 5.60 Å². The first-order valence-corrected chi connectivity index (χ1v) is 11.2. The highest BCUT2D eigenvalue weighted by atomic mass is 127. The standard InChI is InChI=1S/C17H35N5O4S.HI/c1-5-18-15(19-9-10-21-16(23)26-17(2,3)4)20-11-12-27(24,25)22-13-14-7-6-8-14;/h14,22H,5-13H2,1-4H3,(H,21,23)(H2,18,19,20);1H. The van der Waals surface area contributed by atoms with Crippen LogP contribution in [0.1, 0.15) is 47.0 Å². The van der Waals surface area contributed by atoms with Gasteiger partial charge in [-0.05, 0) is 46.5 Å². The molecule has 0 unspecified atom stereocenters. The van der Waals surface area contributed by atoms with E-state index in [0.29, 0.717) is 38.1 Å². The normalized spacial score (nSPS) is 15.2. The average Bonchev–Trinajstić information content (AvgIpc) is 2.47. The summed E-state index contributed by atoms with van der Waals surface area (Å²) < 4.78 is 31.8. The molecule has 0 aromatic heterocycles. The van der Waals surface area contributed by atoms with E-state index in [2.05, 4.69) is 25.7 Å². The third-order valence-corrected chi connectivity index (χ3v) is 5.20. The van der Waals surface area contributed by atoms with E-state index in [1.54, 1.807) is 20.8 Å². The molecule has 0 aromatic carbocycles. The fourth-order valence-electron chi connectivity index (χ4n) is 2.29. The lowest BCUT2D eigenvalue weighted by Gasteiger charge is -2.25. The molecule has 11 heteroatoms. The first kappa shape index (κ1) is 27.2. The van der Waals surface area contributed by atoms with E-state index in [-0.39, 0.29) is 36.3 Å². The highest BCUT2D eigenvalue weighted by Crippen LogP contribution is 2.25. The molecule has 0 bridgehead atoms. The Morgan fingerprint density at radius 1 is 1.14 bits per heavy atom. The van der Waals surface area contributed by atoms with Crippen LogP contribution in [0.4, 0.5) is 4.79 Å². The number of carbonyl (C=O) groups is 1. The van der Waals surface area contributed by atoms with Crippen molar-refractivity contribution in [3.8, 4) is 0 Å². The number of nitrogens with one attached hydrogen (secondary N) is 4. The van der Waals surface area contributed by atoms with Gasteiger partial charge in [0, 0.05) is 26.2 Å². The lowest BCUT2D eigenvalue weighted by Crippen LogP contribution is -2.42. The van der Waals surface area contributed by atoms with Crippen LogP contribution >= 0.6 is 24.0 Å². The second kappa shape index (κ2) is 13.4. The number of ether oxygens (including phenoxy) is 1. The molecule has 1 aliphatic rings. The summed E-state index contributed by atoms with van der Waals surface area (Å²) in [4.78, 5) is 15.8. The second-order valence-corrected chi connectivity index (χ2v) is 9.51. The summed E-state index contributed by atoms with van der Waals surface area (Å²) in [5, 5.41) is 8.73. The summed E-state index contributed by atoms with van der Waals surface area (Å²) in [6.45, 7) is 9.47. The molecule has 0 heterocycles. The molecule has 0 aliphatic heterocycles. The molecule has 1 rings (SSSR count). The van der Waals surface area contributed by atoms with Gasteiger partial charge in [0.05, 0.1) is 12.3 Å². The van der Waals surface area contributed by atoms with E-state index < -0.39 is 21.7 Å². The molecule has 28 heavy (non-hydrogen) atoms. The van der Waals surface area contributed by atoms with Crippen LogP contribution in [0.5, 0.6) is 0 Å². The number of hydrogen-bond acceptors (Lipinski definition) is 5. The topological polar surface area (TPSA) is 121 Å². The van der Waals surface area contributed by atoms with Gasteiger partial charge in [-0.25, -0.2) is 17.9 Å². The van der Waals surface area contributed by atoms with Crippen LogP contribution in [0, 0.1) is 5.92 Å². The summed E-state index contributed by atoms with van der Waals surface area (Å²) >= 11 is 0. The summed E-state index contributed by atoms with van der Waals surface area (Å²) in [6, 6.07) is 0. The van der Waals surface area contributed by atoms with E-state index in [0.717, 1.165) is 12.8 Å². The van der Waals surface area contributed by atoms with Crippen LogP contribution in [0.25, 0.3) is 0 Å². The van der Waals surface area contributed by atoms with Gasteiger partial charge in [-0.2, -0.15) is 0 Å². The molecule has 166 valence electrons. The van der Waals surface area contributed by atoms with Gasteiger partial charge in [-0.3, -0.25) is 4.99 Å². The molecular formula is C17H36IN5O4S. The Kier molecular flexibility index (Phi) is 13.0. The highest BCUT2D eigenvalue weighted by molar-refractivity contribution is 14.0. The summed E-state index contributed by atoms with van der Waals surface area (Å²) in [7, 11) is -3.30. The van der Waals surface area contributed by atoms with E-state index >= 15 is 0 Å². The highest BCUT2D eigenvalue weighted by Gasteiger charge is 2.20. The van der Waals surface area contributed by atoms with Crippen LogP contribution in [0.15, 0.2) is 4.99 Å². The van der Waals surface area contributed by atoms with E-state index in [4.69, 9.17) is 4.74 Å². The quantitative estimate of drug-likeness (QED) is 0.146. The minimum Gasteiger partial charge on any atom is -0.444 e. The Labute approximate surface area is 186 Å². The molecule has 1 aliphatic carbocycles. The number of halogens is 1. The van der Waals surface area contributed by atoms with Gasteiger partial charge < -0.3 is 20.7 Å². The molecule has 1 amide bonds. The first-order valence-electron chi connectivity index (χ1n) is 9.57. The molecule has 0 aromatic rings. The van der Waals surface area contributed by atoms with Crippen LogP contribution < -0.4 is 20.7 Å². The van der Waals surface area contributed by atoms with Crippen molar-refractivity contribution in [3.05, 3.63) is 0 Å². The zero-order valence-corrected chi connectivity index (χ0v) is 20.5. The predicted octanol–water partition coefficient (Wildman–Crippen LogP) is 1.40. The van der Waals surface area contributed by atoms with Gasteiger partial charge in [0.2, 0.25) is 10.0 Å². The van der Waals surface area contributed by atoms with Crippen LogP contribution in [-0.4, -0.2) is 64.5 Å². The van der Waals surface area contributed by atoms with Gasteiger partial charge >= 0.3 is 6.09 Å². The van der Waals surface area contributed by atoms with Crippen molar-refractivity contribution in [2.75, 3.05) is 38.5 Å². The minimum absolute atomic E-state index is 0. The molecule has 0 saturated heterocycles. The maximum Gasteiger partial charge on any atom is 0.407 e. The SMILES string of the molecule is CCNC(=NCCS(=O)(=O)NCC1CCC1)NCCNC(=O)OC(C)(C)C.I. The molecule has 1 saturated carbocycles.